The lowest BCUT2D eigenvalue weighted by Crippen LogP contribution is -2.29. The summed E-state index contributed by atoms with van der Waals surface area (Å²) in [4.78, 5) is 23.1. The number of nitrogens with zero attached hydrogens (tertiary/aromatic N) is 2. The highest BCUT2D eigenvalue weighted by Gasteiger charge is 2.14. The van der Waals surface area contributed by atoms with Gasteiger partial charge in [-0.25, -0.2) is 4.68 Å². The second kappa shape index (κ2) is 7.56. The minimum Gasteiger partial charge on any atom is -0.468 e. The molecule has 6 nitrogen and oxygen atoms in total. The van der Waals surface area contributed by atoms with E-state index < -0.39 is 11.5 Å². The molecular formula is C13H16ClN3O3. The standard InChI is InChI=1S/C13H16ClN3O3/c1-4-6-9(5-2)16-10-7-15-17(8-11(18)20-3)13(19)12(10)14/h2,7,9,16H,4,6,8H2,1,3H3. The summed E-state index contributed by atoms with van der Waals surface area (Å²) >= 11 is 5.97. The zero-order chi connectivity index (χ0) is 15.1. The highest BCUT2D eigenvalue weighted by Crippen LogP contribution is 2.17. The van der Waals surface area contributed by atoms with Crippen molar-refractivity contribution in [3.63, 3.8) is 0 Å². The van der Waals surface area contributed by atoms with E-state index in [4.69, 9.17) is 18.0 Å². The van der Waals surface area contributed by atoms with E-state index in [0.29, 0.717) is 5.69 Å². The fourth-order valence-corrected chi connectivity index (χ4v) is 1.74. The van der Waals surface area contributed by atoms with Crippen molar-refractivity contribution < 1.29 is 9.53 Å². The average Bonchev–Trinajstić information content (AvgIpc) is 2.45. The van der Waals surface area contributed by atoms with Crippen molar-refractivity contribution in [1.29, 1.82) is 0 Å². The van der Waals surface area contributed by atoms with Gasteiger partial charge in [0.25, 0.3) is 5.56 Å². The molecule has 0 amide bonds. The summed E-state index contributed by atoms with van der Waals surface area (Å²) in [5.74, 6) is 1.99. The number of carbonyl (C=O) groups is 1. The Balaban J connectivity index is 2.97. The average molecular weight is 298 g/mol. The van der Waals surface area contributed by atoms with Gasteiger partial charge in [0, 0.05) is 0 Å². The lowest BCUT2D eigenvalue weighted by Gasteiger charge is -2.14. The van der Waals surface area contributed by atoms with E-state index in [9.17, 15) is 9.59 Å². The number of rotatable bonds is 6. The Morgan fingerprint density at radius 2 is 2.40 bits per heavy atom. The predicted molar refractivity (Wildman–Crippen MR) is 76.7 cm³/mol. The molecule has 0 radical (unpaired) electrons. The third-order valence-electron chi connectivity index (χ3n) is 2.60. The summed E-state index contributed by atoms with van der Waals surface area (Å²) in [5, 5.41) is 6.78. The van der Waals surface area contributed by atoms with E-state index in [1.165, 1.54) is 13.3 Å². The molecule has 0 saturated carbocycles. The molecule has 0 aliphatic heterocycles. The van der Waals surface area contributed by atoms with E-state index in [1.807, 2.05) is 6.92 Å². The van der Waals surface area contributed by atoms with Crippen LogP contribution in [0.25, 0.3) is 0 Å². The van der Waals surface area contributed by atoms with Crippen LogP contribution in [0.2, 0.25) is 5.02 Å². The van der Waals surface area contributed by atoms with Gasteiger partial charge in [-0.3, -0.25) is 9.59 Å². The smallest absolute Gasteiger partial charge is 0.327 e. The number of hydrogen-bond acceptors (Lipinski definition) is 5. The van der Waals surface area contributed by atoms with Crippen molar-refractivity contribution in [3.8, 4) is 12.3 Å². The van der Waals surface area contributed by atoms with E-state index in [2.05, 4.69) is 21.1 Å². The van der Waals surface area contributed by atoms with Gasteiger partial charge in [0.15, 0.2) is 0 Å². The summed E-state index contributed by atoms with van der Waals surface area (Å²) in [6.45, 7) is 1.71. The van der Waals surface area contributed by atoms with Gasteiger partial charge in [-0.1, -0.05) is 30.9 Å². The Morgan fingerprint density at radius 1 is 1.70 bits per heavy atom. The molecule has 1 rings (SSSR count). The van der Waals surface area contributed by atoms with Crippen LogP contribution in [0.4, 0.5) is 5.69 Å². The van der Waals surface area contributed by atoms with Crippen molar-refractivity contribution in [1.82, 2.24) is 9.78 Å². The molecule has 1 unspecified atom stereocenters. The number of nitrogens with one attached hydrogen (secondary N) is 1. The molecule has 1 heterocycles. The van der Waals surface area contributed by atoms with Crippen LogP contribution in [0.3, 0.4) is 0 Å². The summed E-state index contributed by atoms with van der Waals surface area (Å²) in [6.07, 6.45) is 8.40. The molecule has 0 saturated heterocycles. The van der Waals surface area contributed by atoms with Crippen LogP contribution in [0.1, 0.15) is 19.8 Å². The molecule has 7 heteroatoms. The first-order chi connectivity index (χ1) is 9.53. The van der Waals surface area contributed by atoms with Gasteiger partial charge in [-0.05, 0) is 6.42 Å². The van der Waals surface area contributed by atoms with Gasteiger partial charge in [0.1, 0.15) is 11.6 Å². The monoisotopic (exact) mass is 297 g/mol. The molecule has 0 spiro atoms. The Labute approximate surface area is 122 Å². The Kier molecular flexibility index (Phi) is 6.07. The number of halogens is 1. The molecule has 0 fully saturated rings. The SMILES string of the molecule is C#CC(CCC)Nc1cnn(CC(=O)OC)c(=O)c1Cl. The van der Waals surface area contributed by atoms with Crippen molar-refractivity contribution in [2.45, 2.75) is 32.4 Å². The first kappa shape index (κ1) is 16.1. The number of ether oxygens (including phenoxy) is 1. The molecule has 1 N–H and O–H groups in total. The van der Waals surface area contributed by atoms with Crippen LogP contribution in [0, 0.1) is 12.3 Å². The van der Waals surface area contributed by atoms with Gasteiger partial charge in [0.05, 0.1) is 25.0 Å². The Bertz CT molecular complexity index is 577. The molecule has 20 heavy (non-hydrogen) atoms. The summed E-state index contributed by atoms with van der Waals surface area (Å²) in [6, 6.07) is -0.227. The first-order valence-corrected chi connectivity index (χ1v) is 6.46. The lowest BCUT2D eigenvalue weighted by atomic mass is 10.2. The molecular weight excluding hydrogens is 282 g/mol. The molecule has 0 aromatic carbocycles. The zero-order valence-corrected chi connectivity index (χ0v) is 12.1. The molecule has 0 bridgehead atoms. The fourth-order valence-electron chi connectivity index (χ4n) is 1.54. The van der Waals surface area contributed by atoms with Crippen molar-refractivity contribution in [2.75, 3.05) is 12.4 Å². The molecule has 0 aliphatic rings. The van der Waals surface area contributed by atoms with Gasteiger partial charge in [-0.15, -0.1) is 6.42 Å². The van der Waals surface area contributed by atoms with Gasteiger partial charge < -0.3 is 10.1 Å². The van der Waals surface area contributed by atoms with Crippen LogP contribution in [0.5, 0.6) is 0 Å². The fraction of sp³-hybridized carbons (Fsp3) is 0.462. The van der Waals surface area contributed by atoms with Crippen molar-refractivity contribution in [2.24, 2.45) is 0 Å². The van der Waals surface area contributed by atoms with E-state index in [0.717, 1.165) is 17.5 Å². The van der Waals surface area contributed by atoms with Crippen LogP contribution >= 0.6 is 11.6 Å². The number of methoxy groups -OCH3 is 1. The molecule has 0 aliphatic carbocycles. The number of carbonyl (C=O) groups excluding carboxylic acids is 1. The van der Waals surface area contributed by atoms with E-state index >= 15 is 0 Å². The number of anilines is 1. The van der Waals surface area contributed by atoms with Crippen LogP contribution in [-0.4, -0.2) is 28.9 Å². The summed E-state index contributed by atoms with van der Waals surface area (Å²) < 4.78 is 5.40. The second-order valence-electron chi connectivity index (χ2n) is 4.06. The second-order valence-corrected chi connectivity index (χ2v) is 4.44. The zero-order valence-electron chi connectivity index (χ0n) is 11.4. The number of esters is 1. The van der Waals surface area contributed by atoms with Crippen molar-refractivity contribution >= 4 is 23.3 Å². The third kappa shape index (κ3) is 4.00. The van der Waals surface area contributed by atoms with Crippen LogP contribution in [-0.2, 0) is 16.1 Å². The summed E-state index contributed by atoms with van der Waals surface area (Å²) in [5.41, 5.74) is -0.219. The molecule has 1 aromatic rings. The third-order valence-corrected chi connectivity index (χ3v) is 2.96. The Hall–Kier alpha value is -2.00. The topological polar surface area (TPSA) is 73.2 Å². The summed E-state index contributed by atoms with van der Waals surface area (Å²) in [7, 11) is 1.23. The largest absolute Gasteiger partial charge is 0.468 e. The van der Waals surface area contributed by atoms with Crippen molar-refractivity contribution in [3.05, 3.63) is 21.6 Å². The van der Waals surface area contributed by atoms with E-state index in [-0.39, 0.29) is 17.6 Å². The number of aromatic nitrogens is 2. The highest BCUT2D eigenvalue weighted by atomic mass is 35.5. The maximum atomic E-state index is 11.9. The predicted octanol–water partition coefficient (Wildman–Crippen LogP) is 1.28. The minimum atomic E-state index is -0.580. The minimum absolute atomic E-state index is 0.0553. The quantitative estimate of drug-likeness (QED) is 0.632. The molecule has 1 aromatic heterocycles. The van der Waals surface area contributed by atoms with Gasteiger partial charge in [0.2, 0.25) is 0 Å². The maximum Gasteiger partial charge on any atom is 0.327 e. The number of terminal acetylenes is 1. The van der Waals surface area contributed by atoms with Gasteiger partial charge >= 0.3 is 5.97 Å². The van der Waals surface area contributed by atoms with E-state index in [1.54, 1.807) is 0 Å². The lowest BCUT2D eigenvalue weighted by molar-refractivity contribution is -0.141. The van der Waals surface area contributed by atoms with Crippen LogP contribution < -0.4 is 10.9 Å². The van der Waals surface area contributed by atoms with Gasteiger partial charge in [-0.2, -0.15) is 5.10 Å². The number of hydrogen-bond donors (Lipinski definition) is 1. The first-order valence-electron chi connectivity index (χ1n) is 6.08. The Morgan fingerprint density at radius 3 is 2.95 bits per heavy atom. The molecule has 1 atom stereocenters. The van der Waals surface area contributed by atoms with Crippen LogP contribution in [0.15, 0.2) is 11.0 Å². The normalized spacial score (nSPS) is 11.5. The highest BCUT2D eigenvalue weighted by molar-refractivity contribution is 6.32. The maximum absolute atomic E-state index is 11.9. The molecule has 108 valence electrons.